The molecule has 25 heavy (non-hydrogen) atoms. The predicted octanol–water partition coefficient (Wildman–Crippen LogP) is 2.27. The van der Waals surface area contributed by atoms with Crippen LogP contribution in [0.1, 0.15) is 38.7 Å². The molecule has 2 aliphatic heterocycles. The van der Waals surface area contributed by atoms with E-state index in [1.54, 1.807) is 0 Å². The van der Waals surface area contributed by atoms with Crippen molar-refractivity contribution in [1.82, 2.24) is 4.72 Å². The monoisotopic (exact) mass is 369 g/mol. The molecule has 0 spiro atoms. The van der Waals surface area contributed by atoms with Crippen molar-refractivity contribution in [2.24, 2.45) is 0 Å². The van der Waals surface area contributed by atoms with E-state index in [9.17, 15) is 8.42 Å². The fraction of sp³-hybridized carbons (Fsp3) is 0.667. The minimum atomic E-state index is -3.29. The standard InChI is InChI=1S/C18H27NO5S/c1-18(2)12-14-6-3-8-16(17(14)24-18)23-10-5-11-25(20,21)19-13-15-7-4-9-22-15/h3,6,8,15,19H,4-5,7,9-13H2,1-2H3/t15-/m1/s1. The van der Waals surface area contributed by atoms with Crippen LogP contribution in [0.4, 0.5) is 0 Å². The number of ether oxygens (including phenoxy) is 3. The molecule has 0 amide bonds. The number of sulfonamides is 1. The Hall–Kier alpha value is -1.31. The summed E-state index contributed by atoms with van der Waals surface area (Å²) in [5, 5.41) is 0. The molecule has 0 unspecified atom stereocenters. The van der Waals surface area contributed by atoms with E-state index in [1.165, 1.54) is 0 Å². The van der Waals surface area contributed by atoms with Gasteiger partial charge in [-0.3, -0.25) is 0 Å². The first-order valence-electron chi connectivity index (χ1n) is 8.87. The molecule has 6 nitrogen and oxygen atoms in total. The number of fused-ring (bicyclic) bond motifs is 1. The number of hydrogen-bond donors (Lipinski definition) is 1. The molecule has 1 N–H and O–H groups in total. The Morgan fingerprint density at radius 3 is 2.96 bits per heavy atom. The summed E-state index contributed by atoms with van der Waals surface area (Å²) in [5.41, 5.74) is 0.908. The molecule has 1 atom stereocenters. The first-order valence-corrected chi connectivity index (χ1v) is 10.5. The third kappa shape index (κ3) is 5.09. The van der Waals surface area contributed by atoms with Crippen molar-refractivity contribution < 1.29 is 22.6 Å². The molecule has 1 fully saturated rings. The van der Waals surface area contributed by atoms with Crippen LogP contribution in [0, 0.1) is 0 Å². The second kappa shape index (κ2) is 7.51. The minimum Gasteiger partial charge on any atom is -0.490 e. The molecule has 0 aromatic heterocycles. The summed E-state index contributed by atoms with van der Waals surface area (Å²) in [4.78, 5) is 0. The van der Waals surface area contributed by atoms with Crippen LogP contribution in [0.25, 0.3) is 0 Å². The van der Waals surface area contributed by atoms with Crippen LogP contribution in [0.5, 0.6) is 11.5 Å². The molecule has 1 aromatic rings. The van der Waals surface area contributed by atoms with Gasteiger partial charge in [-0.2, -0.15) is 0 Å². The highest BCUT2D eigenvalue weighted by molar-refractivity contribution is 7.89. The fourth-order valence-electron chi connectivity index (χ4n) is 3.23. The van der Waals surface area contributed by atoms with E-state index in [0.29, 0.717) is 25.3 Å². The second-order valence-electron chi connectivity index (χ2n) is 7.29. The van der Waals surface area contributed by atoms with Crippen LogP contribution in [-0.2, 0) is 21.2 Å². The Morgan fingerprint density at radius 1 is 1.36 bits per heavy atom. The van der Waals surface area contributed by atoms with Crippen LogP contribution in [0.3, 0.4) is 0 Å². The van der Waals surface area contributed by atoms with Crippen molar-refractivity contribution in [3.05, 3.63) is 23.8 Å². The Bertz CT molecular complexity index is 695. The van der Waals surface area contributed by atoms with Gasteiger partial charge in [0.1, 0.15) is 5.60 Å². The highest BCUT2D eigenvalue weighted by atomic mass is 32.2. The maximum Gasteiger partial charge on any atom is 0.211 e. The summed E-state index contributed by atoms with van der Waals surface area (Å²) in [7, 11) is -3.29. The highest BCUT2D eigenvalue weighted by Gasteiger charge is 2.32. The summed E-state index contributed by atoms with van der Waals surface area (Å²) >= 11 is 0. The number of nitrogens with one attached hydrogen (secondary N) is 1. The van der Waals surface area contributed by atoms with Crippen molar-refractivity contribution in [3.63, 3.8) is 0 Å². The zero-order valence-electron chi connectivity index (χ0n) is 14.9. The first-order chi connectivity index (χ1) is 11.8. The number of benzene rings is 1. The molecule has 2 heterocycles. The van der Waals surface area contributed by atoms with Gasteiger partial charge in [0.2, 0.25) is 10.0 Å². The van der Waals surface area contributed by atoms with Crippen molar-refractivity contribution >= 4 is 10.0 Å². The largest absolute Gasteiger partial charge is 0.490 e. The van der Waals surface area contributed by atoms with Crippen molar-refractivity contribution in [2.75, 3.05) is 25.5 Å². The van der Waals surface area contributed by atoms with E-state index in [4.69, 9.17) is 14.2 Å². The van der Waals surface area contributed by atoms with Crippen molar-refractivity contribution in [1.29, 1.82) is 0 Å². The Labute approximate surface area is 149 Å². The van der Waals surface area contributed by atoms with Gasteiger partial charge in [-0.15, -0.1) is 0 Å². The van der Waals surface area contributed by atoms with Crippen LogP contribution in [0.2, 0.25) is 0 Å². The third-order valence-corrected chi connectivity index (χ3v) is 5.86. The summed E-state index contributed by atoms with van der Waals surface area (Å²) in [5.74, 6) is 1.51. The van der Waals surface area contributed by atoms with Gasteiger partial charge in [0.15, 0.2) is 11.5 Å². The van der Waals surface area contributed by atoms with Gasteiger partial charge in [-0.05, 0) is 39.2 Å². The van der Waals surface area contributed by atoms with Gasteiger partial charge in [-0.25, -0.2) is 13.1 Å². The summed E-state index contributed by atoms with van der Waals surface area (Å²) in [6, 6.07) is 5.85. The highest BCUT2D eigenvalue weighted by Crippen LogP contribution is 2.41. The second-order valence-corrected chi connectivity index (χ2v) is 9.21. The average Bonchev–Trinajstić information content (AvgIpc) is 3.15. The molecule has 7 heteroatoms. The molecular weight excluding hydrogens is 342 g/mol. The van der Waals surface area contributed by atoms with Gasteiger partial charge in [-0.1, -0.05) is 12.1 Å². The zero-order chi connectivity index (χ0) is 17.9. The molecule has 0 bridgehead atoms. The fourth-order valence-corrected chi connectivity index (χ4v) is 4.31. The average molecular weight is 369 g/mol. The molecule has 3 rings (SSSR count). The van der Waals surface area contributed by atoms with E-state index in [-0.39, 0.29) is 17.5 Å². The van der Waals surface area contributed by atoms with Crippen LogP contribution >= 0.6 is 0 Å². The Kier molecular flexibility index (Phi) is 5.55. The Morgan fingerprint density at radius 2 is 2.20 bits per heavy atom. The molecule has 1 aromatic carbocycles. The third-order valence-electron chi connectivity index (χ3n) is 4.42. The lowest BCUT2D eigenvalue weighted by Crippen LogP contribution is -2.33. The van der Waals surface area contributed by atoms with Crippen LogP contribution in [-0.4, -0.2) is 45.6 Å². The van der Waals surface area contributed by atoms with Gasteiger partial charge in [0.05, 0.1) is 18.5 Å². The van der Waals surface area contributed by atoms with E-state index in [0.717, 1.165) is 37.2 Å². The van der Waals surface area contributed by atoms with Gasteiger partial charge in [0, 0.05) is 25.1 Å². The van der Waals surface area contributed by atoms with Crippen molar-refractivity contribution in [3.8, 4) is 11.5 Å². The van der Waals surface area contributed by atoms with Gasteiger partial charge < -0.3 is 14.2 Å². The molecule has 140 valence electrons. The normalized spacial score (nSPS) is 21.8. The quantitative estimate of drug-likeness (QED) is 0.712. The lowest BCUT2D eigenvalue weighted by molar-refractivity contribution is 0.114. The van der Waals surface area contributed by atoms with Gasteiger partial charge >= 0.3 is 0 Å². The first kappa shape index (κ1) is 18.5. The Balaban J connectivity index is 1.44. The minimum absolute atomic E-state index is 0.0124. The van der Waals surface area contributed by atoms with E-state index < -0.39 is 10.0 Å². The maximum absolute atomic E-state index is 12.0. The predicted molar refractivity (Wildman–Crippen MR) is 95.7 cm³/mol. The van der Waals surface area contributed by atoms with Crippen LogP contribution in [0.15, 0.2) is 18.2 Å². The SMILES string of the molecule is CC1(C)Cc2cccc(OCCCS(=O)(=O)NC[C@H]3CCCO3)c2O1. The summed E-state index contributed by atoms with van der Waals surface area (Å²) < 4.78 is 43.8. The molecule has 0 radical (unpaired) electrons. The smallest absolute Gasteiger partial charge is 0.211 e. The van der Waals surface area contributed by atoms with Crippen LogP contribution < -0.4 is 14.2 Å². The molecule has 2 aliphatic rings. The summed E-state index contributed by atoms with van der Waals surface area (Å²) in [6.07, 6.45) is 3.20. The molecule has 1 saturated heterocycles. The lowest BCUT2D eigenvalue weighted by atomic mass is 10.0. The van der Waals surface area contributed by atoms with E-state index in [2.05, 4.69) is 4.72 Å². The topological polar surface area (TPSA) is 73.9 Å². The number of para-hydroxylation sites is 1. The molecular formula is C18H27NO5S. The van der Waals surface area contributed by atoms with E-state index >= 15 is 0 Å². The van der Waals surface area contributed by atoms with Gasteiger partial charge in [0.25, 0.3) is 0 Å². The molecule has 0 saturated carbocycles. The van der Waals surface area contributed by atoms with Crippen molar-refractivity contribution in [2.45, 2.75) is 51.2 Å². The lowest BCUT2D eigenvalue weighted by Gasteiger charge is -2.18. The number of rotatable bonds is 8. The zero-order valence-corrected chi connectivity index (χ0v) is 15.7. The summed E-state index contributed by atoms with van der Waals surface area (Å²) in [6.45, 7) is 5.51. The number of hydrogen-bond acceptors (Lipinski definition) is 5. The maximum atomic E-state index is 12.0. The van der Waals surface area contributed by atoms with E-state index in [1.807, 2.05) is 32.0 Å². The molecule has 0 aliphatic carbocycles.